The van der Waals surface area contributed by atoms with Crippen molar-refractivity contribution in [2.24, 2.45) is 5.73 Å². The van der Waals surface area contributed by atoms with Gasteiger partial charge < -0.3 is 10.5 Å². The number of halogens is 2. The molecule has 0 aliphatic carbocycles. The van der Waals surface area contributed by atoms with Crippen molar-refractivity contribution in [3.8, 4) is 6.01 Å². The van der Waals surface area contributed by atoms with E-state index in [9.17, 15) is 4.79 Å². The first-order valence-electron chi connectivity index (χ1n) is 8.88. The van der Waals surface area contributed by atoms with Crippen LogP contribution >= 0.6 is 35.0 Å². The normalized spacial score (nSPS) is 11.1. The summed E-state index contributed by atoms with van der Waals surface area (Å²) in [5.41, 5.74) is 7.12. The van der Waals surface area contributed by atoms with Crippen molar-refractivity contribution in [3.63, 3.8) is 0 Å². The van der Waals surface area contributed by atoms with Crippen molar-refractivity contribution in [2.75, 3.05) is 6.61 Å². The summed E-state index contributed by atoms with van der Waals surface area (Å²) in [6.45, 7) is 4.34. The number of nitrogens with zero attached hydrogens (tertiary/aromatic N) is 3. The van der Waals surface area contributed by atoms with Gasteiger partial charge in [-0.3, -0.25) is 14.3 Å². The van der Waals surface area contributed by atoms with E-state index in [1.165, 1.54) is 11.8 Å². The van der Waals surface area contributed by atoms with Crippen LogP contribution in [0.15, 0.2) is 52.6 Å². The molecule has 3 aromatic rings. The number of imidazole rings is 1. The van der Waals surface area contributed by atoms with E-state index in [0.29, 0.717) is 22.6 Å². The number of hydrogen-bond donors (Lipinski definition) is 1. The van der Waals surface area contributed by atoms with Crippen LogP contribution in [-0.4, -0.2) is 27.0 Å². The lowest BCUT2D eigenvalue weighted by molar-refractivity contribution is -0.120. The molecule has 0 radical (unpaired) electrons. The molecule has 0 atom stereocenters. The Hall–Kier alpha value is -2.22. The molecule has 0 bridgehead atoms. The number of rotatable bonds is 8. The Balaban J connectivity index is 2.08. The fourth-order valence-electron chi connectivity index (χ4n) is 2.67. The maximum absolute atomic E-state index is 11.3. The molecule has 0 fully saturated rings. The van der Waals surface area contributed by atoms with E-state index in [0.717, 1.165) is 21.2 Å². The number of pyridine rings is 1. The van der Waals surface area contributed by atoms with Gasteiger partial charge in [0.1, 0.15) is 5.03 Å². The summed E-state index contributed by atoms with van der Waals surface area (Å²) < 4.78 is 7.55. The second kappa shape index (κ2) is 9.52. The first-order valence-corrected chi connectivity index (χ1v) is 10.4. The standard InChI is InChI=1S/C20H20Cl2N4O2S/c1-12(2)18-19(29-16-8-14(21)7-15(22)9-16)26(10-13-3-5-24-6-4-13)20(25-18)28-11-17(23)27/h3-9,12H,10-11H2,1-2H3,(H2,23,27). The number of aromatic nitrogens is 3. The first kappa shape index (κ1) is 21.5. The number of hydrogen-bond acceptors (Lipinski definition) is 5. The van der Waals surface area contributed by atoms with Crippen molar-refractivity contribution in [3.05, 3.63) is 64.0 Å². The fourth-order valence-corrected chi connectivity index (χ4v) is 4.56. The van der Waals surface area contributed by atoms with E-state index < -0.39 is 5.91 Å². The third kappa shape index (κ3) is 5.65. The van der Waals surface area contributed by atoms with Crippen molar-refractivity contribution >= 4 is 40.9 Å². The Morgan fingerprint density at radius 1 is 1.21 bits per heavy atom. The summed E-state index contributed by atoms with van der Waals surface area (Å²) in [5, 5.41) is 1.99. The molecule has 0 unspecified atom stereocenters. The maximum Gasteiger partial charge on any atom is 0.298 e. The molecule has 2 N–H and O–H groups in total. The van der Waals surface area contributed by atoms with E-state index in [2.05, 4.69) is 9.97 Å². The molecule has 0 spiro atoms. The van der Waals surface area contributed by atoms with Gasteiger partial charge in [0, 0.05) is 27.3 Å². The van der Waals surface area contributed by atoms with E-state index in [4.69, 9.17) is 33.7 Å². The molecule has 1 amide bonds. The van der Waals surface area contributed by atoms with Gasteiger partial charge in [0.15, 0.2) is 6.61 Å². The van der Waals surface area contributed by atoms with Gasteiger partial charge in [-0.2, -0.15) is 4.98 Å². The number of ether oxygens (including phenoxy) is 1. The molecule has 1 aromatic carbocycles. The van der Waals surface area contributed by atoms with Crippen LogP contribution in [0.4, 0.5) is 0 Å². The fraction of sp³-hybridized carbons (Fsp3) is 0.250. The molecule has 29 heavy (non-hydrogen) atoms. The molecule has 2 heterocycles. The Bertz CT molecular complexity index is 989. The Labute approximate surface area is 183 Å². The first-order chi connectivity index (χ1) is 13.8. The predicted molar refractivity (Wildman–Crippen MR) is 115 cm³/mol. The largest absolute Gasteiger partial charge is 0.455 e. The van der Waals surface area contributed by atoms with Crippen molar-refractivity contribution < 1.29 is 9.53 Å². The van der Waals surface area contributed by atoms with Crippen molar-refractivity contribution in [1.82, 2.24) is 14.5 Å². The smallest absolute Gasteiger partial charge is 0.298 e. The zero-order chi connectivity index (χ0) is 21.0. The van der Waals surface area contributed by atoms with Gasteiger partial charge in [-0.05, 0) is 41.8 Å². The lowest BCUT2D eigenvalue weighted by Crippen LogP contribution is -2.21. The summed E-state index contributed by atoms with van der Waals surface area (Å²) in [6.07, 6.45) is 3.45. The van der Waals surface area contributed by atoms with Crippen LogP contribution in [-0.2, 0) is 11.3 Å². The van der Waals surface area contributed by atoms with Crippen LogP contribution in [0.3, 0.4) is 0 Å². The molecule has 152 valence electrons. The van der Waals surface area contributed by atoms with Gasteiger partial charge in [-0.1, -0.05) is 48.8 Å². The van der Waals surface area contributed by atoms with Crippen LogP contribution < -0.4 is 10.5 Å². The summed E-state index contributed by atoms with van der Waals surface area (Å²) in [6, 6.07) is 9.53. The highest BCUT2D eigenvalue weighted by atomic mass is 35.5. The van der Waals surface area contributed by atoms with E-state index >= 15 is 0 Å². The van der Waals surface area contributed by atoms with Gasteiger partial charge in [0.05, 0.1) is 12.2 Å². The van der Waals surface area contributed by atoms with E-state index in [-0.39, 0.29) is 12.5 Å². The Kier molecular flexibility index (Phi) is 7.05. The lowest BCUT2D eigenvalue weighted by Gasteiger charge is -2.13. The monoisotopic (exact) mass is 450 g/mol. The molecule has 3 rings (SSSR count). The average Bonchev–Trinajstić information content (AvgIpc) is 2.97. The molecule has 6 nitrogen and oxygen atoms in total. The summed E-state index contributed by atoms with van der Waals surface area (Å²) in [4.78, 5) is 20.8. The van der Waals surface area contributed by atoms with Crippen LogP contribution in [0, 0.1) is 0 Å². The summed E-state index contributed by atoms with van der Waals surface area (Å²) in [5.74, 6) is -0.438. The molecule has 2 aromatic heterocycles. The minimum atomic E-state index is -0.564. The van der Waals surface area contributed by atoms with Crippen molar-refractivity contribution in [2.45, 2.75) is 36.2 Å². The summed E-state index contributed by atoms with van der Waals surface area (Å²) in [7, 11) is 0. The van der Waals surface area contributed by atoms with Gasteiger partial charge in [0.25, 0.3) is 11.9 Å². The highest BCUT2D eigenvalue weighted by Gasteiger charge is 2.22. The number of nitrogens with two attached hydrogens (primary N) is 1. The summed E-state index contributed by atoms with van der Waals surface area (Å²) >= 11 is 13.8. The lowest BCUT2D eigenvalue weighted by atomic mass is 10.1. The minimum absolute atomic E-state index is 0.127. The van der Waals surface area contributed by atoms with E-state index in [1.54, 1.807) is 18.5 Å². The predicted octanol–water partition coefficient (Wildman–Crippen LogP) is 4.77. The number of amides is 1. The molecule has 0 aliphatic heterocycles. The zero-order valence-corrected chi connectivity index (χ0v) is 18.3. The van der Waals surface area contributed by atoms with Crippen LogP contribution in [0.2, 0.25) is 10.0 Å². The average molecular weight is 451 g/mol. The highest BCUT2D eigenvalue weighted by Crippen LogP contribution is 2.39. The highest BCUT2D eigenvalue weighted by molar-refractivity contribution is 7.99. The van der Waals surface area contributed by atoms with Crippen LogP contribution in [0.25, 0.3) is 0 Å². The Morgan fingerprint density at radius 3 is 2.45 bits per heavy atom. The second-order valence-corrected chi connectivity index (χ2v) is 8.58. The quantitative estimate of drug-likeness (QED) is 0.534. The van der Waals surface area contributed by atoms with Gasteiger partial charge in [0.2, 0.25) is 0 Å². The van der Waals surface area contributed by atoms with Crippen LogP contribution in [0.1, 0.15) is 31.0 Å². The second-order valence-electron chi connectivity index (χ2n) is 6.64. The molecular weight excluding hydrogens is 431 g/mol. The van der Waals surface area contributed by atoms with E-state index in [1.807, 2.05) is 42.7 Å². The third-order valence-corrected chi connectivity index (χ3v) is 5.47. The van der Waals surface area contributed by atoms with Gasteiger partial charge in [-0.15, -0.1) is 0 Å². The molecule has 0 saturated carbocycles. The van der Waals surface area contributed by atoms with Gasteiger partial charge >= 0.3 is 0 Å². The minimum Gasteiger partial charge on any atom is -0.455 e. The zero-order valence-electron chi connectivity index (χ0n) is 15.9. The molecule has 0 saturated heterocycles. The van der Waals surface area contributed by atoms with Crippen LogP contribution in [0.5, 0.6) is 6.01 Å². The number of primary amides is 1. The maximum atomic E-state index is 11.3. The number of carbonyl (C=O) groups is 1. The molecule has 9 heteroatoms. The number of carbonyl (C=O) groups excluding carboxylic acids is 1. The van der Waals surface area contributed by atoms with Gasteiger partial charge in [-0.25, -0.2) is 0 Å². The third-order valence-electron chi connectivity index (χ3n) is 3.94. The number of benzene rings is 1. The molecular formula is C20H20Cl2N4O2S. The Morgan fingerprint density at radius 2 is 1.86 bits per heavy atom. The molecule has 0 aliphatic rings. The van der Waals surface area contributed by atoms with Crippen molar-refractivity contribution in [1.29, 1.82) is 0 Å². The topological polar surface area (TPSA) is 83.0 Å². The SMILES string of the molecule is CC(C)c1nc(OCC(N)=O)n(Cc2ccncc2)c1Sc1cc(Cl)cc(Cl)c1.